The van der Waals surface area contributed by atoms with E-state index in [9.17, 15) is 4.79 Å². The molecule has 0 atom stereocenters. The van der Waals surface area contributed by atoms with Gasteiger partial charge in [-0.2, -0.15) is 4.09 Å². The number of rotatable bonds is 6. The summed E-state index contributed by atoms with van der Waals surface area (Å²) in [6, 6.07) is 11.3. The Morgan fingerprint density at radius 2 is 2.04 bits per heavy atom. The molecule has 0 unspecified atom stereocenters. The molecule has 0 N–H and O–H groups in total. The lowest BCUT2D eigenvalue weighted by atomic mass is 10.1. The van der Waals surface area contributed by atoms with E-state index in [1.807, 2.05) is 28.4 Å². The molecule has 2 heterocycles. The highest BCUT2D eigenvalue weighted by Gasteiger charge is 2.14. The van der Waals surface area contributed by atoms with Gasteiger partial charge in [-0.25, -0.2) is 4.79 Å². The van der Waals surface area contributed by atoms with Crippen LogP contribution in [0.5, 0.6) is 0 Å². The SMILES string of the molecule is CCc1c(-c2cccnc2)nnn1SCc1ccc(C(=O)OC)cc1. The Hall–Kier alpha value is -2.67. The Labute approximate surface area is 150 Å². The lowest BCUT2D eigenvalue weighted by molar-refractivity contribution is 0.0600. The highest BCUT2D eigenvalue weighted by molar-refractivity contribution is 7.96. The zero-order chi connectivity index (χ0) is 17.6. The van der Waals surface area contributed by atoms with Gasteiger partial charge >= 0.3 is 5.97 Å². The molecule has 0 aliphatic carbocycles. The number of pyridine rings is 1. The van der Waals surface area contributed by atoms with Crippen LogP contribution in [0.4, 0.5) is 0 Å². The Kier molecular flexibility index (Phi) is 5.45. The number of hydrogen-bond donors (Lipinski definition) is 0. The third-order valence-corrected chi connectivity index (χ3v) is 4.73. The molecule has 128 valence electrons. The normalized spacial score (nSPS) is 10.6. The van der Waals surface area contributed by atoms with Crippen LogP contribution in [0.2, 0.25) is 0 Å². The molecule has 0 radical (unpaired) electrons. The van der Waals surface area contributed by atoms with E-state index < -0.39 is 0 Å². The van der Waals surface area contributed by atoms with Gasteiger partial charge in [0.25, 0.3) is 0 Å². The van der Waals surface area contributed by atoms with E-state index in [0.717, 1.165) is 34.7 Å². The molecule has 0 aliphatic heterocycles. The van der Waals surface area contributed by atoms with Gasteiger partial charge in [0.2, 0.25) is 0 Å². The summed E-state index contributed by atoms with van der Waals surface area (Å²) < 4.78 is 6.57. The minimum Gasteiger partial charge on any atom is -0.465 e. The van der Waals surface area contributed by atoms with Crippen LogP contribution in [0.3, 0.4) is 0 Å². The Morgan fingerprint density at radius 3 is 2.68 bits per heavy atom. The first-order valence-corrected chi connectivity index (χ1v) is 8.82. The first-order valence-electron chi connectivity index (χ1n) is 7.88. The summed E-state index contributed by atoms with van der Waals surface area (Å²) in [5.41, 5.74) is 4.53. The maximum atomic E-state index is 11.5. The second-order valence-electron chi connectivity index (χ2n) is 5.31. The van der Waals surface area contributed by atoms with Gasteiger partial charge in [-0.05, 0) is 48.2 Å². The van der Waals surface area contributed by atoms with Gasteiger partial charge in [0.15, 0.2) is 0 Å². The molecule has 0 saturated heterocycles. The summed E-state index contributed by atoms with van der Waals surface area (Å²) in [4.78, 5) is 15.6. The molecule has 0 bridgehead atoms. The molecule has 0 aliphatic rings. The lowest BCUT2D eigenvalue weighted by Crippen LogP contribution is -2.01. The van der Waals surface area contributed by atoms with Gasteiger partial charge in [-0.15, -0.1) is 5.10 Å². The van der Waals surface area contributed by atoms with Crippen molar-refractivity contribution < 1.29 is 9.53 Å². The molecule has 1 aromatic carbocycles. The molecular formula is C18H18N4O2S. The second-order valence-corrected chi connectivity index (χ2v) is 6.21. The standard InChI is InChI=1S/C18H18N4O2S/c1-3-16-17(15-5-4-10-19-11-15)20-21-22(16)25-12-13-6-8-14(9-7-13)18(23)24-2/h4-11H,3,12H2,1-2H3. The number of carbonyl (C=O) groups is 1. The molecule has 7 heteroatoms. The van der Waals surface area contributed by atoms with E-state index in [-0.39, 0.29) is 5.97 Å². The van der Waals surface area contributed by atoms with E-state index in [0.29, 0.717) is 5.56 Å². The quantitative estimate of drug-likeness (QED) is 0.632. The van der Waals surface area contributed by atoms with Crippen LogP contribution in [0, 0.1) is 0 Å². The van der Waals surface area contributed by atoms with E-state index in [1.54, 1.807) is 36.5 Å². The topological polar surface area (TPSA) is 69.9 Å². The summed E-state index contributed by atoms with van der Waals surface area (Å²) >= 11 is 1.57. The monoisotopic (exact) mass is 354 g/mol. The Balaban J connectivity index is 1.73. The van der Waals surface area contributed by atoms with Crippen molar-refractivity contribution in [2.45, 2.75) is 19.1 Å². The summed E-state index contributed by atoms with van der Waals surface area (Å²) in [5.74, 6) is 0.398. The summed E-state index contributed by atoms with van der Waals surface area (Å²) in [5, 5.41) is 8.57. The van der Waals surface area contributed by atoms with E-state index in [4.69, 9.17) is 4.74 Å². The number of carbonyl (C=O) groups excluding carboxylic acids is 1. The van der Waals surface area contributed by atoms with Crippen molar-refractivity contribution in [2.24, 2.45) is 0 Å². The zero-order valence-corrected chi connectivity index (χ0v) is 14.9. The second kappa shape index (κ2) is 7.94. The molecule has 2 aromatic heterocycles. The smallest absolute Gasteiger partial charge is 0.337 e. The van der Waals surface area contributed by atoms with Crippen molar-refractivity contribution in [1.29, 1.82) is 0 Å². The van der Waals surface area contributed by atoms with Gasteiger partial charge in [0.05, 0.1) is 18.4 Å². The molecule has 0 saturated carbocycles. The van der Waals surface area contributed by atoms with Crippen molar-refractivity contribution in [3.63, 3.8) is 0 Å². The van der Waals surface area contributed by atoms with Crippen LogP contribution in [-0.4, -0.2) is 32.5 Å². The molecule has 0 fully saturated rings. The van der Waals surface area contributed by atoms with E-state index in [1.165, 1.54) is 7.11 Å². The summed E-state index contributed by atoms with van der Waals surface area (Å²) in [6.45, 7) is 2.08. The minimum absolute atomic E-state index is 0.329. The summed E-state index contributed by atoms with van der Waals surface area (Å²) in [6.07, 6.45) is 4.36. The first-order chi connectivity index (χ1) is 12.2. The minimum atomic E-state index is -0.329. The van der Waals surface area contributed by atoms with Crippen LogP contribution in [0.25, 0.3) is 11.3 Å². The third kappa shape index (κ3) is 3.88. The number of ether oxygens (including phenoxy) is 1. The Bertz CT molecular complexity index is 847. The van der Waals surface area contributed by atoms with Crippen molar-refractivity contribution in [3.05, 3.63) is 65.6 Å². The number of hydrogen-bond acceptors (Lipinski definition) is 6. The predicted molar refractivity (Wildman–Crippen MR) is 97.1 cm³/mol. The molecule has 6 nitrogen and oxygen atoms in total. The maximum absolute atomic E-state index is 11.5. The zero-order valence-electron chi connectivity index (χ0n) is 14.0. The molecule has 3 rings (SSSR count). The van der Waals surface area contributed by atoms with Crippen LogP contribution in [-0.2, 0) is 16.9 Å². The van der Waals surface area contributed by atoms with Crippen molar-refractivity contribution in [3.8, 4) is 11.3 Å². The fourth-order valence-electron chi connectivity index (χ4n) is 2.41. The fraction of sp³-hybridized carbons (Fsp3) is 0.222. The van der Waals surface area contributed by atoms with E-state index in [2.05, 4.69) is 22.2 Å². The third-order valence-electron chi connectivity index (χ3n) is 3.73. The number of esters is 1. The van der Waals surface area contributed by atoms with Gasteiger partial charge in [0, 0.05) is 23.7 Å². The molecular weight excluding hydrogens is 336 g/mol. The van der Waals surface area contributed by atoms with Gasteiger partial charge in [0.1, 0.15) is 5.69 Å². The largest absolute Gasteiger partial charge is 0.465 e. The van der Waals surface area contributed by atoms with Crippen molar-refractivity contribution in [1.82, 2.24) is 19.4 Å². The van der Waals surface area contributed by atoms with Crippen LogP contribution >= 0.6 is 11.9 Å². The number of methoxy groups -OCH3 is 1. The van der Waals surface area contributed by atoms with Gasteiger partial charge in [-0.1, -0.05) is 24.3 Å². The highest BCUT2D eigenvalue weighted by Crippen LogP contribution is 2.25. The van der Waals surface area contributed by atoms with Gasteiger partial charge < -0.3 is 4.74 Å². The molecule has 25 heavy (non-hydrogen) atoms. The van der Waals surface area contributed by atoms with E-state index >= 15 is 0 Å². The van der Waals surface area contributed by atoms with Gasteiger partial charge in [-0.3, -0.25) is 4.98 Å². The molecule has 0 spiro atoms. The number of benzene rings is 1. The fourth-order valence-corrected chi connectivity index (χ4v) is 3.34. The van der Waals surface area contributed by atoms with Crippen LogP contribution in [0.1, 0.15) is 28.5 Å². The number of nitrogens with zero attached hydrogens (tertiary/aromatic N) is 4. The Morgan fingerprint density at radius 1 is 1.24 bits per heavy atom. The van der Waals surface area contributed by atoms with Crippen LogP contribution in [0.15, 0.2) is 48.8 Å². The van der Waals surface area contributed by atoms with Crippen molar-refractivity contribution >= 4 is 17.9 Å². The maximum Gasteiger partial charge on any atom is 0.337 e. The average Bonchev–Trinajstić information content (AvgIpc) is 3.09. The molecule has 0 amide bonds. The lowest BCUT2D eigenvalue weighted by Gasteiger charge is -2.06. The first kappa shape index (κ1) is 17.2. The predicted octanol–water partition coefficient (Wildman–Crippen LogP) is 3.39. The van der Waals surface area contributed by atoms with Crippen LogP contribution < -0.4 is 0 Å². The molecule has 3 aromatic rings. The average molecular weight is 354 g/mol. The van der Waals surface area contributed by atoms with Crippen molar-refractivity contribution in [2.75, 3.05) is 7.11 Å². The summed E-state index contributed by atoms with van der Waals surface area (Å²) in [7, 11) is 1.38. The highest BCUT2D eigenvalue weighted by atomic mass is 32.2. The number of aromatic nitrogens is 4.